The van der Waals surface area contributed by atoms with Crippen molar-refractivity contribution in [1.29, 1.82) is 0 Å². The van der Waals surface area contributed by atoms with E-state index in [0.29, 0.717) is 0 Å². The molecular formula is C17H15NOS2. The van der Waals surface area contributed by atoms with Crippen molar-refractivity contribution in [3.8, 4) is 0 Å². The molecule has 0 unspecified atom stereocenters. The highest BCUT2D eigenvalue weighted by Gasteiger charge is 2.19. The lowest BCUT2D eigenvalue weighted by Gasteiger charge is -2.17. The van der Waals surface area contributed by atoms with Gasteiger partial charge in [-0.25, -0.2) is 0 Å². The minimum atomic E-state index is -0.0802. The minimum Gasteiger partial charge on any atom is -0.340 e. The normalized spacial score (nSPS) is 12.0. The van der Waals surface area contributed by atoms with Gasteiger partial charge in [0.15, 0.2) is 0 Å². The van der Waals surface area contributed by atoms with Crippen LogP contribution >= 0.6 is 22.7 Å². The maximum absolute atomic E-state index is 12.6. The molecule has 1 amide bonds. The van der Waals surface area contributed by atoms with Gasteiger partial charge in [0.05, 0.1) is 6.04 Å². The van der Waals surface area contributed by atoms with Gasteiger partial charge in [-0.05, 0) is 52.4 Å². The molecule has 3 aromatic rings. The Kier molecular flexibility index (Phi) is 4.18. The average molecular weight is 313 g/mol. The Hall–Kier alpha value is -1.91. The molecule has 0 aliphatic carbocycles. The van der Waals surface area contributed by atoms with Crippen molar-refractivity contribution in [1.82, 2.24) is 5.32 Å². The summed E-state index contributed by atoms with van der Waals surface area (Å²) in [5.41, 5.74) is 2.85. The number of carbonyl (C=O) groups excluding carboxylic acids is 1. The highest BCUT2D eigenvalue weighted by molar-refractivity contribution is 7.10. The van der Waals surface area contributed by atoms with Gasteiger partial charge >= 0.3 is 0 Å². The molecule has 2 nitrogen and oxygen atoms in total. The lowest BCUT2D eigenvalue weighted by molar-refractivity contribution is 0.0943. The Labute approximate surface area is 132 Å². The van der Waals surface area contributed by atoms with Gasteiger partial charge in [-0.15, -0.1) is 11.3 Å². The lowest BCUT2D eigenvalue weighted by atomic mass is 10.1. The number of carbonyl (C=O) groups is 1. The van der Waals surface area contributed by atoms with E-state index < -0.39 is 0 Å². The molecule has 2 heterocycles. The first-order chi connectivity index (χ1) is 10.3. The van der Waals surface area contributed by atoms with Crippen molar-refractivity contribution >= 4 is 28.6 Å². The number of thiophene rings is 2. The number of nitrogens with one attached hydrogen (secondary N) is 1. The monoisotopic (exact) mass is 313 g/mol. The van der Waals surface area contributed by atoms with Gasteiger partial charge in [-0.2, -0.15) is 11.3 Å². The Morgan fingerprint density at radius 3 is 2.62 bits per heavy atom. The zero-order valence-electron chi connectivity index (χ0n) is 11.6. The second-order valence-electron chi connectivity index (χ2n) is 4.79. The first-order valence-corrected chi connectivity index (χ1v) is 8.50. The molecule has 0 radical (unpaired) electrons. The molecule has 1 aromatic carbocycles. The number of benzene rings is 1. The van der Waals surface area contributed by atoms with Crippen LogP contribution in [0.15, 0.2) is 58.6 Å². The van der Waals surface area contributed by atoms with Crippen molar-refractivity contribution in [2.75, 3.05) is 0 Å². The van der Waals surface area contributed by atoms with Gasteiger partial charge in [-0.3, -0.25) is 4.79 Å². The number of rotatable bonds is 4. The maximum Gasteiger partial charge on any atom is 0.252 e. The largest absolute Gasteiger partial charge is 0.340 e. The second-order valence-corrected chi connectivity index (χ2v) is 6.55. The summed E-state index contributed by atoms with van der Waals surface area (Å²) in [6, 6.07) is 13.7. The Morgan fingerprint density at radius 1 is 1.10 bits per heavy atom. The molecule has 1 N–H and O–H groups in total. The lowest BCUT2D eigenvalue weighted by Crippen LogP contribution is -2.29. The third kappa shape index (κ3) is 3.06. The van der Waals surface area contributed by atoms with Gasteiger partial charge in [0, 0.05) is 10.4 Å². The summed E-state index contributed by atoms with van der Waals surface area (Å²) in [6.07, 6.45) is 0. The van der Waals surface area contributed by atoms with Crippen molar-refractivity contribution in [3.63, 3.8) is 0 Å². The van der Waals surface area contributed by atoms with Crippen LogP contribution in [-0.4, -0.2) is 5.91 Å². The second kappa shape index (κ2) is 6.24. The van der Waals surface area contributed by atoms with E-state index in [1.165, 1.54) is 0 Å². The van der Waals surface area contributed by atoms with Crippen LogP contribution in [0.4, 0.5) is 0 Å². The Morgan fingerprint density at radius 2 is 1.95 bits per heavy atom. The first-order valence-electron chi connectivity index (χ1n) is 6.67. The molecule has 0 fully saturated rings. The fourth-order valence-corrected chi connectivity index (χ4v) is 3.74. The summed E-state index contributed by atoms with van der Waals surface area (Å²) in [5.74, 6) is -0.0299. The van der Waals surface area contributed by atoms with Crippen LogP contribution in [0.1, 0.15) is 32.4 Å². The summed E-state index contributed by atoms with van der Waals surface area (Å²) in [5, 5.41) is 9.32. The van der Waals surface area contributed by atoms with Crippen LogP contribution in [0.25, 0.3) is 0 Å². The van der Waals surface area contributed by atoms with Crippen LogP contribution in [0, 0.1) is 6.92 Å². The molecule has 3 rings (SSSR count). The van der Waals surface area contributed by atoms with Crippen LogP contribution in [0.3, 0.4) is 0 Å². The van der Waals surface area contributed by atoms with E-state index in [1.807, 2.05) is 48.0 Å². The molecule has 4 heteroatoms. The van der Waals surface area contributed by atoms with Gasteiger partial charge in [0.2, 0.25) is 0 Å². The Balaban J connectivity index is 1.89. The quantitative estimate of drug-likeness (QED) is 0.747. The minimum absolute atomic E-state index is 0.0299. The van der Waals surface area contributed by atoms with Crippen molar-refractivity contribution in [2.45, 2.75) is 13.0 Å². The molecule has 0 saturated heterocycles. The molecule has 106 valence electrons. The summed E-state index contributed by atoms with van der Waals surface area (Å²) in [6.45, 7) is 1.96. The summed E-state index contributed by atoms with van der Waals surface area (Å²) < 4.78 is 0. The third-order valence-electron chi connectivity index (χ3n) is 3.37. The zero-order chi connectivity index (χ0) is 14.7. The van der Waals surface area contributed by atoms with E-state index in [1.54, 1.807) is 22.7 Å². The van der Waals surface area contributed by atoms with Crippen molar-refractivity contribution in [3.05, 3.63) is 80.2 Å². The number of aryl methyl sites for hydroxylation is 1. The van der Waals surface area contributed by atoms with Gasteiger partial charge in [0.25, 0.3) is 5.91 Å². The highest BCUT2D eigenvalue weighted by atomic mass is 32.1. The molecule has 1 atom stereocenters. The predicted molar refractivity (Wildman–Crippen MR) is 89.1 cm³/mol. The van der Waals surface area contributed by atoms with Gasteiger partial charge < -0.3 is 5.32 Å². The molecular weight excluding hydrogens is 298 g/mol. The predicted octanol–water partition coefficient (Wildman–Crippen LogP) is 4.64. The molecule has 0 aliphatic rings. The molecule has 21 heavy (non-hydrogen) atoms. The van der Waals surface area contributed by atoms with E-state index in [4.69, 9.17) is 0 Å². The summed E-state index contributed by atoms with van der Waals surface area (Å²) in [4.78, 5) is 13.7. The topological polar surface area (TPSA) is 29.1 Å². The molecule has 0 spiro atoms. The molecule has 0 aliphatic heterocycles. The molecule has 0 saturated carbocycles. The number of amides is 1. The fourth-order valence-electron chi connectivity index (χ4n) is 2.25. The standard InChI is InChI=1S/C17H15NOS2/c1-12-5-2-3-6-14(12)17(19)18-16(13-8-10-20-11-13)15-7-4-9-21-15/h2-11,16H,1H3,(H,18,19)/t16-/m1/s1. The zero-order valence-corrected chi connectivity index (χ0v) is 13.2. The van der Waals surface area contributed by atoms with E-state index in [-0.39, 0.29) is 11.9 Å². The molecule has 2 aromatic heterocycles. The van der Waals surface area contributed by atoms with Gasteiger partial charge in [0.1, 0.15) is 0 Å². The van der Waals surface area contributed by atoms with Gasteiger partial charge in [-0.1, -0.05) is 24.3 Å². The van der Waals surface area contributed by atoms with E-state index in [0.717, 1.165) is 21.6 Å². The first kappa shape index (κ1) is 14.0. The van der Waals surface area contributed by atoms with Crippen LogP contribution in [0.2, 0.25) is 0 Å². The van der Waals surface area contributed by atoms with Crippen LogP contribution in [-0.2, 0) is 0 Å². The van der Waals surface area contributed by atoms with Crippen molar-refractivity contribution in [2.24, 2.45) is 0 Å². The fraction of sp³-hybridized carbons (Fsp3) is 0.118. The van der Waals surface area contributed by atoms with Crippen molar-refractivity contribution < 1.29 is 4.79 Å². The summed E-state index contributed by atoms with van der Waals surface area (Å²) >= 11 is 3.31. The number of hydrogen-bond acceptors (Lipinski definition) is 3. The van der Waals surface area contributed by atoms with Crippen LogP contribution in [0.5, 0.6) is 0 Å². The summed E-state index contributed by atoms with van der Waals surface area (Å²) in [7, 11) is 0. The van der Waals surface area contributed by atoms with E-state index >= 15 is 0 Å². The average Bonchev–Trinajstić information content (AvgIpc) is 3.18. The smallest absolute Gasteiger partial charge is 0.252 e. The molecule has 0 bridgehead atoms. The third-order valence-corrected chi connectivity index (χ3v) is 5.01. The number of hydrogen-bond donors (Lipinski definition) is 1. The SMILES string of the molecule is Cc1ccccc1C(=O)N[C@H](c1ccsc1)c1cccs1. The maximum atomic E-state index is 12.6. The van der Waals surface area contributed by atoms with E-state index in [9.17, 15) is 4.79 Å². The Bertz CT molecular complexity index is 683. The van der Waals surface area contributed by atoms with E-state index in [2.05, 4.69) is 22.8 Å². The van der Waals surface area contributed by atoms with Crippen LogP contribution < -0.4 is 5.32 Å². The highest BCUT2D eigenvalue weighted by Crippen LogP contribution is 2.28.